The maximum Gasteiger partial charge on any atom is 0.257 e. The summed E-state index contributed by atoms with van der Waals surface area (Å²) in [5, 5.41) is 9.03. The smallest absolute Gasteiger partial charge is 0.257 e. The fraction of sp³-hybridized carbons (Fsp3) is 0.308. The predicted octanol–water partition coefficient (Wildman–Crippen LogP) is 5.00. The molecule has 1 unspecified atom stereocenters. The van der Waals surface area contributed by atoms with E-state index in [2.05, 4.69) is 59.5 Å². The summed E-state index contributed by atoms with van der Waals surface area (Å²) in [6.07, 6.45) is 4.38. The number of piperidine rings is 1. The zero-order chi connectivity index (χ0) is 20.3. The summed E-state index contributed by atoms with van der Waals surface area (Å²) >= 11 is 0. The topological polar surface area (TPSA) is 35.9 Å². The fourth-order valence-corrected chi connectivity index (χ4v) is 4.60. The maximum absolute atomic E-state index is 13.3. The minimum atomic E-state index is -0.0371. The molecule has 1 atom stereocenters. The van der Waals surface area contributed by atoms with Crippen LogP contribution in [0.5, 0.6) is 0 Å². The molecule has 0 N–H and O–H groups in total. The number of nitrogens with zero attached hydrogens (tertiary/aromatic N) is 3. The number of amides is 1. The van der Waals surface area contributed by atoms with E-state index in [-0.39, 0.29) is 11.9 Å². The minimum Gasteiger partial charge on any atom is -0.294 e. The van der Waals surface area contributed by atoms with Crippen LogP contribution in [0.3, 0.4) is 0 Å². The fourth-order valence-electron chi connectivity index (χ4n) is 4.60. The highest BCUT2D eigenvalue weighted by molar-refractivity contribution is 6.05. The van der Waals surface area contributed by atoms with Gasteiger partial charge in [0.1, 0.15) is 0 Å². The lowest BCUT2D eigenvalue weighted by Crippen LogP contribution is -2.40. The van der Waals surface area contributed by atoms with Gasteiger partial charge in [0.05, 0.1) is 18.3 Å². The van der Waals surface area contributed by atoms with E-state index >= 15 is 0 Å². The number of benzene rings is 3. The van der Waals surface area contributed by atoms with Crippen LogP contribution < -0.4 is 0 Å². The van der Waals surface area contributed by atoms with Crippen LogP contribution in [0.25, 0.3) is 10.8 Å². The van der Waals surface area contributed by atoms with Gasteiger partial charge in [-0.15, -0.1) is 0 Å². The molecule has 1 fully saturated rings. The maximum atomic E-state index is 13.3. The molecule has 3 aromatic carbocycles. The average molecular weight is 398 g/mol. The van der Waals surface area contributed by atoms with E-state index in [1.165, 1.54) is 30.0 Å². The number of fused-ring (bicyclic) bond motifs is 1. The average Bonchev–Trinajstić information content (AvgIpc) is 3.26. The second-order valence-corrected chi connectivity index (χ2v) is 8.31. The standard InChI is InChI=1S/C26H27N3O/c30-26(19-28-15-7-2-8-16-28)29-25(21-10-3-1-4-11-21)18-24(27-29)23-14-13-20-9-5-6-12-22(20)17-23/h1,3-6,9-14,17,25H,2,7-8,15-16,18-19H2. The van der Waals surface area contributed by atoms with E-state index in [1.54, 1.807) is 5.01 Å². The highest BCUT2D eigenvalue weighted by Gasteiger charge is 2.33. The van der Waals surface area contributed by atoms with Crippen LogP contribution in [-0.2, 0) is 4.79 Å². The van der Waals surface area contributed by atoms with Gasteiger partial charge < -0.3 is 0 Å². The Morgan fingerprint density at radius 2 is 1.60 bits per heavy atom. The van der Waals surface area contributed by atoms with Crippen LogP contribution in [0, 0.1) is 0 Å². The van der Waals surface area contributed by atoms with Crippen LogP contribution in [-0.4, -0.2) is 41.2 Å². The summed E-state index contributed by atoms with van der Waals surface area (Å²) in [4.78, 5) is 15.5. The number of rotatable bonds is 4. The molecule has 0 aliphatic carbocycles. The van der Waals surface area contributed by atoms with Crippen LogP contribution in [0.15, 0.2) is 77.9 Å². The largest absolute Gasteiger partial charge is 0.294 e. The molecular formula is C26H27N3O. The van der Waals surface area contributed by atoms with Gasteiger partial charge in [-0.2, -0.15) is 5.10 Å². The lowest BCUT2D eigenvalue weighted by molar-refractivity contribution is -0.134. The molecule has 3 aromatic rings. The van der Waals surface area contributed by atoms with Gasteiger partial charge in [0, 0.05) is 6.42 Å². The lowest BCUT2D eigenvalue weighted by atomic mass is 9.97. The zero-order valence-corrected chi connectivity index (χ0v) is 17.2. The van der Waals surface area contributed by atoms with Crippen LogP contribution >= 0.6 is 0 Å². The van der Waals surface area contributed by atoms with Crippen LogP contribution in [0.2, 0.25) is 0 Å². The molecule has 1 saturated heterocycles. The highest BCUT2D eigenvalue weighted by Crippen LogP contribution is 2.33. The number of carbonyl (C=O) groups excluding carboxylic acids is 1. The van der Waals surface area contributed by atoms with E-state index in [9.17, 15) is 4.79 Å². The Morgan fingerprint density at radius 1 is 0.867 bits per heavy atom. The van der Waals surface area contributed by atoms with Gasteiger partial charge in [0.15, 0.2) is 0 Å². The number of hydrogen-bond donors (Lipinski definition) is 0. The van der Waals surface area contributed by atoms with Gasteiger partial charge >= 0.3 is 0 Å². The predicted molar refractivity (Wildman–Crippen MR) is 121 cm³/mol. The van der Waals surface area contributed by atoms with Gasteiger partial charge in [-0.3, -0.25) is 9.69 Å². The Bertz CT molecular complexity index is 1070. The number of carbonyl (C=O) groups is 1. The van der Waals surface area contributed by atoms with E-state index in [4.69, 9.17) is 5.10 Å². The molecule has 2 heterocycles. The van der Waals surface area contributed by atoms with Gasteiger partial charge in [0.2, 0.25) is 0 Å². The Morgan fingerprint density at radius 3 is 2.40 bits per heavy atom. The second kappa shape index (κ2) is 8.41. The first-order valence-electron chi connectivity index (χ1n) is 10.9. The molecule has 5 rings (SSSR count). The summed E-state index contributed by atoms with van der Waals surface area (Å²) in [5.74, 6) is 0.0987. The summed E-state index contributed by atoms with van der Waals surface area (Å²) in [6, 6.07) is 25.1. The number of hydrogen-bond acceptors (Lipinski definition) is 3. The monoisotopic (exact) mass is 397 g/mol. The molecule has 152 valence electrons. The van der Waals surface area contributed by atoms with E-state index in [1.807, 2.05) is 18.2 Å². The van der Waals surface area contributed by atoms with E-state index < -0.39 is 0 Å². The van der Waals surface area contributed by atoms with Crippen molar-refractivity contribution in [3.63, 3.8) is 0 Å². The molecule has 2 aliphatic rings. The molecule has 0 aromatic heterocycles. The Labute approximate surface area is 177 Å². The van der Waals surface area contributed by atoms with Crippen molar-refractivity contribution in [2.24, 2.45) is 5.10 Å². The third-order valence-electron chi connectivity index (χ3n) is 6.24. The Kier molecular flexibility index (Phi) is 5.33. The molecule has 4 heteroatoms. The SMILES string of the molecule is O=C(CN1CCCCC1)N1N=C(c2ccc3ccccc3c2)CC1c1ccccc1. The number of hydrazone groups is 1. The molecule has 0 saturated carbocycles. The van der Waals surface area contributed by atoms with Gasteiger partial charge in [-0.05, 0) is 53.9 Å². The summed E-state index contributed by atoms with van der Waals surface area (Å²) < 4.78 is 0. The molecular weight excluding hydrogens is 370 g/mol. The molecule has 1 amide bonds. The van der Waals surface area contributed by atoms with Crippen molar-refractivity contribution in [3.8, 4) is 0 Å². The first-order valence-corrected chi connectivity index (χ1v) is 10.9. The lowest BCUT2D eigenvalue weighted by Gasteiger charge is -2.29. The third-order valence-corrected chi connectivity index (χ3v) is 6.24. The van der Waals surface area contributed by atoms with Crippen molar-refractivity contribution in [3.05, 3.63) is 83.9 Å². The second-order valence-electron chi connectivity index (χ2n) is 8.31. The van der Waals surface area contributed by atoms with Crippen molar-refractivity contribution in [1.82, 2.24) is 9.91 Å². The molecule has 2 aliphatic heterocycles. The van der Waals surface area contributed by atoms with Gasteiger partial charge in [-0.25, -0.2) is 5.01 Å². The van der Waals surface area contributed by atoms with Crippen molar-refractivity contribution >= 4 is 22.4 Å². The Balaban J connectivity index is 1.45. The normalized spacial score (nSPS) is 19.8. The van der Waals surface area contributed by atoms with Crippen molar-refractivity contribution in [1.29, 1.82) is 0 Å². The van der Waals surface area contributed by atoms with Gasteiger partial charge in [-0.1, -0.05) is 73.2 Å². The summed E-state index contributed by atoms with van der Waals surface area (Å²) in [7, 11) is 0. The van der Waals surface area contributed by atoms with Crippen molar-refractivity contribution in [2.75, 3.05) is 19.6 Å². The van der Waals surface area contributed by atoms with E-state index in [0.717, 1.165) is 36.3 Å². The zero-order valence-electron chi connectivity index (χ0n) is 17.2. The van der Waals surface area contributed by atoms with E-state index in [0.29, 0.717) is 6.54 Å². The molecule has 4 nitrogen and oxygen atoms in total. The minimum absolute atomic E-state index is 0.0371. The first-order chi connectivity index (χ1) is 14.8. The highest BCUT2D eigenvalue weighted by atomic mass is 16.2. The first kappa shape index (κ1) is 19.0. The third kappa shape index (κ3) is 3.88. The van der Waals surface area contributed by atoms with Crippen molar-refractivity contribution in [2.45, 2.75) is 31.7 Å². The van der Waals surface area contributed by atoms with Crippen LogP contribution in [0.1, 0.15) is 42.9 Å². The summed E-state index contributed by atoms with van der Waals surface area (Å²) in [5.41, 5.74) is 3.23. The Hall–Kier alpha value is -2.98. The molecule has 0 bridgehead atoms. The molecule has 0 spiro atoms. The molecule has 30 heavy (non-hydrogen) atoms. The van der Waals surface area contributed by atoms with Crippen LogP contribution in [0.4, 0.5) is 0 Å². The molecule has 0 radical (unpaired) electrons. The quantitative estimate of drug-likeness (QED) is 0.621. The van der Waals surface area contributed by atoms with Gasteiger partial charge in [0.25, 0.3) is 5.91 Å². The number of likely N-dealkylation sites (tertiary alicyclic amines) is 1. The summed E-state index contributed by atoms with van der Waals surface area (Å²) in [6.45, 7) is 2.48. The van der Waals surface area contributed by atoms with Crippen molar-refractivity contribution < 1.29 is 4.79 Å².